The largest absolute Gasteiger partial charge is 0.295 e. The topological polar surface area (TPSA) is 18.8 Å². The molecule has 4 aromatic rings. The maximum absolute atomic E-state index is 4.93. The van der Waals surface area contributed by atoms with Crippen LogP contribution in [0.1, 0.15) is 18.1 Å². The van der Waals surface area contributed by atoms with E-state index in [4.69, 9.17) is 5.10 Å². The van der Waals surface area contributed by atoms with E-state index in [0.717, 1.165) is 38.4 Å². The van der Waals surface area contributed by atoms with E-state index in [0.29, 0.717) is 0 Å². The van der Waals surface area contributed by atoms with Gasteiger partial charge in [0.05, 0.1) is 5.71 Å². The van der Waals surface area contributed by atoms with Crippen LogP contribution < -0.4 is 0 Å². The Balaban J connectivity index is 1.25. The van der Waals surface area contributed by atoms with E-state index in [1.807, 2.05) is 0 Å². The highest BCUT2D eigenvalue weighted by atomic mass is 15.5. The first-order valence-corrected chi connectivity index (χ1v) is 10.7. The summed E-state index contributed by atoms with van der Waals surface area (Å²) in [6.45, 7) is 7.13. The zero-order valence-electron chi connectivity index (χ0n) is 17.5. The maximum atomic E-state index is 4.93. The number of nitrogens with zero attached hydrogens (tertiary/aromatic N) is 3. The van der Waals surface area contributed by atoms with Crippen LogP contribution in [-0.2, 0) is 6.54 Å². The van der Waals surface area contributed by atoms with Gasteiger partial charge in [0.15, 0.2) is 0 Å². The van der Waals surface area contributed by atoms with Crippen molar-refractivity contribution in [3.05, 3.63) is 96.1 Å². The second-order valence-electron chi connectivity index (χ2n) is 8.12. The molecule has 0 aliphatic carbocycles. The van der Waals surface area contributed by atoms with E-state index in [1.54, 1.807) is 0 Å². The molecule has 3 heteroatoms. The standard InChI is InChI=1S/C27H27N3/c1-21(24-14-13-22-7-2-3-9-25(22)19-24)28-30-17-15-29(16-18-30)20-26-11-6-10-23-8-4-5-12-27(23)26/h2-14,19H,15-18,20H2,1H3/b28-21-. The molecule has 1 saturated heterocycles. The number of fused-ring (bicyclic) bond motifs is 2. The normalized spacial score (nSPS) is 15.8. The molecule has 0 bridgehead atoms. The second-order valence-corrected chi connectivity index (χ2v) is 8.12. The molecule has 0 aromatic heterocycles. The van der Waals surface area contributed by atoms with Gasteiger partial charge in [-0.1, -0.05) is 78.9 Å². The van der Waals surface area contributed by atoms with Crippen molar-refractivity contribution in [2.24, 2.45) is 5.10 Å². The first kappa shape index (κ1) is 18.8. The summed E-state index contributed by atoms with van der Waals surface area (Å²) in [6, 6.07) is 30.4. The molecule has 1 aliphatic rings. The molecule has 30 heavy (non-hydrogen) atoms. The molecule has 150 valence electrons. The predicted octanol–water partition coefficient (Wildman–Crippen LogP) is 5.53. The molecule has 1 heterocycles. The molecular weight excluding hydrogens is 366 g/mol. The van der Waals surface area contributed by atoms with Crippen LogP contribution in [-0.4, -0.2) is 41.8 Å². The molecule has 4 aromatic carbocycles. The fourth-order valence-electron chi connectivity index (χ4n) is 4.35. The van der Waals surface area contributed by atoms with E-state index in [-0.39, 0.29) is 0 Å². The van der Waals surface area contributed by atoms with Crippen molar-refractivity contribution in [2.75, 3.05) is 26.2 Å². The molecule has 3 nitrogen and oxygen atoms in total. The van der Waals surface area contributed by atoms with Crippen LogP contribution in [0.15, 0.2) is 90.0 Å². The van der Waals surface area contributed by atoms with Crippen LogP contribution in [0.5, 0.6) is 0 Å². The van der Waals surface area contributed by atoms with Crippen molar-refractivity contribution in [3.8, 4) is 0 Å². The van der Waals surface area contributed by atoms with E-state index >= 15 is 0 Å². The lowest BCUT2D eigenvalue weighted by Crippen LogP contribution is -2.43. The van der Waals surface area contributed by atoms with Crippen LogP contribution in [0.3, 0.4) is 0 Å². The average Bonchev–Trinajstić information content (AvgIpc) is 2.80. The number of rotatable bonds is 4. The molecule has 0 spiro atoms. The molecule has 0 unspecified atom stereocenters. The lowest BCUT2D eigenvalue weighted by atomic mass is 10.0. The SMILES string of the molecule is C/C(=N/N1CCN(Cc2cccc3ccccc23)CC1)c1ccc2ccccc2c1. The van der Waals surface area contributed by atoms with Crippen molar-refractivity contribution in [3.63, 3.8) is 0 Å². The first-order chi connectivity index (χ1) is 14.8. The number of hydrogen-bond acceptors (Lipinski definition) is 3. The highest BCUT2D eigenvalue weighted by Gasteiger charge is 2.17. The van der Waals surface area contributed by atoms with E-state index < -0.39 is 0 Å². The Morgan fingerprint density at radius 1 is 0.733 bits per heavy atom. The van der Waals surface area contributed by atoms with Crippen molar-refractivity contribution in [1.29, 1.82) is 0 Å². The molecule has 0 radical (unpaired) electrons. The highest BCUT2D eigenvalue weighted by molar-refractivity contribution is 6.01. The van der Waals surface area contributed by atoms with Gasteiger partial charge in [-0.15, -0.1) is 0 Å². The summed E-state index contributed by atoms with van der Waals surface area (Å²) in [7, 11) is 0. The minimum atomic E-state index is 0.968. The van der Waals surface area contributed by atoms with Gasteiger partial charge in [-0.3, -0.25) is 9.91 Å². The van der Waals surface area contributed by atoms with Gasteiger partial charge in [0.1, 0.15) is 0 Å². The monoisotopic (exact) mass is 393 g/mol. The van der Waals surface area contributed by atoms with Gasteiger partial charge < -0.3 is 0 Å². The molecule has 1 fully saturated rings. The quantitative estimate of drug-likeness (QED) is 0.424. The van der Waals surface area contributed by atoms with Crippen molar-refractivity contribution in [1.82, 2.24) is 9.91 Å². The Labute approximate surface area is 178 Å². The minimum Gasteiger partial charge on any atom is -0.295 e. The van der Waals surface area contributed by atoms with Crippen LogP contribution in [0.2, 0.25) is 0 Å². The Kier molecular flexibility index (Phi) is 5.20. The molecule has 5 rings (SSSR count). The summed E-state index contributed by atoms with van der Waals surface area (Å²) >= 11 is 0. The summed E-state index contributed by atoms with van der Waals surface area (Å²) in [5, 5.41) is 12.4. The Morgan fingerprint density at radius 3 is 2.27 bits per heavy atom. The van der Waals surface area contributed by atoms with Crippen molar-refractivity contribution < 1.29 is 0 Å². The third-order valence-electron chi connectivity index (χ3n) is 6.08. The molecule has 0 amide bonds. The van der Waals surface area contributed by atoms with Gasteiger partial charge in [0, 0.05) is 32.7 Å². The first-order valence-electron chi connectivity index (χ1n) is 10.7. The predicted molar refractivity (Wildman–Crippen MR) is 127 cm³/mol. The summed E-state index contributed by atoms with van der Waals surface area (Å²) in [4.78, 5) is 2.54. The van der Waals surface area contributed by atoms with Gasteiger partial charge in [0.2, 0.25) is 0 Å². The van der Waals surface area contributed by atoms with Crippen molar-refractivity contribution in [2.45, 2.75) is 13.5 Å². The number of hydrogen-bond donors (Lipinski definition) is 0. The summed E-state index contributed by atoms with van der Waals surface area (Å²) < 4.78 is 0. The van der Waals surface area contributed by atoms with Gasteiger partial charge in [-0.2, -0.15) is 5.10 Å². The van der Waals surface area contributed by atoms with Gasteiger partial charge in [-0.05, 0) is 45.7 Å². The smallest absolute Gasteiger partial charge is 0.0646 e. The number of hydrazone groups is 1. The second kappa shape index (κ2) is 8.29. The molecule has 0 saturated carbocycles. The minimum absolute atomic E-state index is 0.968. The Morgan fingerprint density at radius 2 is 1.43 bits per heavy atom. The molecule has 0 N–H and O–H groups in total. The Bertz CT molecular complexity index is 1200. The fourth-order valence-corrected chi connectivity index (χ4v) is 4.35. The van der Waals surface area contributed by atoms with Crippen LogP contribution in [0.25, 0.3) is 21.5 Å². The highest BCUT2D eigenvalue weighted by Crippen LogP contribution is 2.21. The van der Waals surface area contributed by atoms with E-state index in [9.17, 15) is 0 Å². The van der Waals surface area contributed by atoms with Gasteiger partial charge in [0.25, 0.3) is 0 Å². The third kappa shape index (κ3) is 3.94. The summed E-state index contributed by atoms with van der Waals surface area (Å²) in [5.41, 5.74) is 3.70. The lowest BCUT2D eigenvalue weighted by Gasteiger charge is -2.33. The van der Waals surface area contributed by atoms with Crippen LogP contribution >= 0.6 is 0 Å². The molecule has 1 aliphatic heterocycles. The third-order valence-corrected chi connectivity index (χ3v) is 6.08. The van der Waals surface area contributed by atoms with Crippen molar-refractivity contribution >= 4 is 27.3 Å². The fraction of sp³-hybridized carbons (Fsp3) is 0.222. The van der Waals surface area contributed by atoms with Crippen LogP contribution in [0, 0.1) is 0 Å². The van der Waals surface area contributed by atoms with Gasteiger partial charge in [-0.25, -0.2) is 0 Å². The zero-order valence-corrected chi connectivity index (χ0v) is 17.5. The van der Waals surface area contributed by atoms with Gasteiger partial charge >= 0.3 is 0 Å². The molecular formula is C27H27N3. The van der Waals surface area contributed by atoms with Crippen LogP contribution in [0.4, 0.5) is 0 Å². The number of benzene rings is 4. The maximum Gasteiger partial charge on any atom is 0.0646 e. The summed E-state index contributed by atoms with van der Waals surface area (Å²) in [6.07, 6.45) is 0. The summed E-state index contributed by atoms with van der Waals surface area (Å²) in [5.74, 6) is 0. The van der Waals surface area contributed by atoms with E-state index in [2.05, 4.69) is 102 Å². The average molecular weight is 394 g/mol. The lowest BCUT2D eigenvalue weighted by molar-refractivity contribution is 0.131. The Hall–Kier alpha value is -3.17. The zero-order chi connectivity index (χ0) is 20.3. The molecule has 0 atom stereocenters. The van der Waals surface area contributed by atoms with E-state index in [1.165, 1.54) is 32.7 Å². The number of piperazine rings is 1.